The van der Waals surface area contributed by atoms with Crippen molar-refractivity contribution in [1.82, 2.24) is 4.90 Å². The summed E-state index contributed by atoms with van der Waals surface area (Å²) >= 11 is 0. The van der Waals surface area contributed by atoms with Crippen molar-refractivity contribution in [2.75, 3.05) is 13.6 Å². The average Bonchev–Trinajstić information content (AvgIpc) is 1.88. The maximum atomic E-state index is 9.27. The van der Waals surface area contributed by atoms with Gasteiger partial charge in [-0.2, -0.15) is 0 Å². The lowest BCUT2D eigenvalue weighted by atomic mass is 10.1. The lowest BCUT2D eigenvalue weighted by molar-refractivity contribution is 0.0770. The number of hydrogen-bond donors (Lipinski definition) is 1. The fourth-order valence-electron chi connectivity index (χ4n) is 1.26. The molecule has 10 heavy (non-hydrogen) atoms. The summed E-state index contributed by atoms with van der Waals surface area (Å²) in [5, 5.41) is 9.27. The van der Waals surface area contributed by atoms with E-state index in [1.54, 1.807) is 0 Å². The van der Waals surface area contributed by atoms with E-state index in [0.717, 1.165) is 13.0 Å². The second-order valence-electron chi connectivity index (χ2n) is 2.79. The van der Waals surface area contributed by atoms with Gasteiger partial charge in [-0.15, -0.1) is 0 Å². The zero-order chi connectivity index (χ0) is 8.15. The van der Waals surface area contributed by atoms with Gasteiger partial charge < -0.3 is 10.0 Å². The zero-order valence-electron chi connectivity index (χ0n) is 7.46. The van der Waals surface area contributed by atoms with Gasteiger partial charge in [-0.25, -0.2) is 0 Å². The van der Waals surface area contributed by atoms with Crippen molar-refractivity contribution in [2.24, 2.45) is 0 Å². The molecule has 2 heteroatoms. The number of rotatable bonds is 4. The fraction of sp³-hybridized carbons (Fsp3) is 1.00. The Morgan fingerprint density at radius 2 is 1.90 bits per heavy atom. The van der Waals surface area contributed by atoms with E-state index in [0.29, 0.717) is 6.04 Å². The van der Waals surface area contributed by atoms with Gasteiger partial charge in [-0.3, -0.25) is 0 Å². The monoisotopic (exact) mass is 145 g/mol. The summed E-state index contributed by atoms with van der Waals surface area (Å²) in [7, 11) is 2.04. The molecule has 0 aromatic rings. The smallest absolute Gasteiger partial charge is 0.0667 e. The van der Waals surface area contributed by atoms with Crippen LogP contribution < -0.4 is 0 Å². The number of likely N-dealkylation sites (N-methyl/N-ethyl adjacent to an activating group) is 1. The van der Waals surface area contributed by atoms with Crippen molar-refractivity contribution >= 4 is 0 Å². The van der Waals surface area contributed by atoms with Gasteiger partial charge in [0.2, 0.25) is 0 Å². The molecule has 0 aliphatic heterocycles. The van der Waals surface area contributed by atoms with Gasteiger partial charge in [0.05, 0.1) is 6.10 Å². The summed E-state index contributed by atoms with van der Waals surface area (Å²) in [6, 6.07) is 0.324. The van der Waals surface area contributed by atoms with E-state index in [-0.39, 0.29) is 6.10 Å². The Bertz CT molecular complexity index is 83.3. The van der Waals surface area contributed by atoms with Crippen molar-refractivity contribution in [3.8, 4) is 0 Å². The molecule has 0 aliphatic rings. The lowest BCUT2D eigenvalue weighted by Crippen LogP contribution is -2.39. The van der Waals surface area contributed by atoms with Crippen LogP contribution in [-0.2, 0) is 0 Å². The van der Waals surface area contributed by atoms with Gasteiger partial charge in [0.25, 0.3) is 0 Å². The van der Waals surface area contributed by atoms with Gasteiger partial charge in [0.1, 0.15) is 0 Å². The molecule has 0 spiro atoms. The van der Waals surface area contributed by atoms with Crippen molar-refractivity contribution < 1.29 is 5.11 Å². The number of nitrogens with zero attached hydrogens (tertiary/aromatic N) is 1. The third kappa shape index (κ3) is 2.67. The Morgan fingerprint density at radius 1 is 1.40 bits per heavy atom. The van der Waals surface area contributed by atoms with Gasteiger partial charge in [-0.1, -0.05) is 13.8 Å². The third-order valence-electron chi connectivity index (χ3n) is 2.04. The van der Waals surface area contributed by atoms with E-state index in [1.807, 2.05) is 14.0 Å². The molecule has 0 bridgehead atoms. The molecule has 0 rings (SSSR count). The van der Waals surface area contributed by atoms with Crippen LogP contribution in [0.5, 0.6) is 0 Å². The van der Waals surface area contributed by atoms with E-state index in [4.69, 9.17) is 0 Å². The van der Waals surface area contributed by atoms with Gasteiger partial charge in [0.15, 0.2) is 0 Å². The van der Waals surface area contributed by atoms with Crippen LogP contribution in [0.2, 0.25) is 0 Å². The number of aliphatic hydroxyl groups is 1. The first-order valence-corrected chi connectivity index (χ1v) is 4.01. The van der Waals surface area contributed by atoms with Crippen molar-refractivity contribution in [2.45, 2.75) is 39.3 Å². The second-order valence-corrected chi connectivity index (χ2v) is 2.79. The molecule has 0 heterocycles. The van der Waals surface area contributed by atoms with E-state index >= 15 is 0 Å². The van der Waals surface area contributed by atoms with Gasteiger partial charge in [-0.05, 0) is 26.9 Å². The Hall–Kier alpha value is -0.0800. The van der Waals surface area contributed by atoms with Crippen LogP contribution in [0, 0.1) is 0 Å². The summed E-state index contributed by atoms with van der Waals surface area (Å²) in [6.07, 6.45) is 0.803. The minimum atomic E-state index is -0.213. The van der Waals surface area contributed by atoms with E-state index in [1.165, 1.54) is 0 Å². The van der Waals surface area contributed by atoms with Crippen LogP contribution in [0.15, 0.2) is 0 Å². The molecular formula is C8H19NO. The van der Waals surface area contributed by atoms with E-state index < -0.39 is 0 Å². The SMILES string of the molecule is CC[C@@H]([C@H](C)O)N(C)CC. The van der Waals surface area contributed by atoms with E-state index in [2.05, 4.69) is 18.7 Å². The summed E-state index contributed by atoms with van der Waals surface area (Å²) in [4.78, 5) is 2.17. The van der Waals surface area contributed by atoms with Crippen LogP contribution >= 0.6 is 0 Å². The molecular weight excluding hydrogens is 126 g/mol. The summed E-state index contributed by atoms with van der Waals surface area (Å²) in [5.41, 5.74) is 0. The first-order valence-electron chi connectivity index (χ1n) is 4.01. The van der Waals surface area contributed by atoms with Gasteiger partial charge >= 0.3 is 0 Å². The van der Waals surface area contributed by atoms with Crippen LogP contribution in [0.3, 0.4) is 0 Å². The molecule has 0 saturated carbocycles. The van der Waals surface area contributed by atoms with Crippen molar-refractivity contribution in [3.63, 3.8) is 0 Å². The molecule has 0 aromatic carbocycles. The second kappa shape index (κ2) is 4.69. The highest BCUT2D eigenvalue weighted by Gasteiger charge is 2.15. The Morgan fingerprint density at radius 3 is 2.00 bits per heavy atom. The zero-order valence-corrected chi connectivity index (χ0v) is 7.46. The number of aliphatic hydroxyl groups excluding tert-OH is 1. The Balaban J connectivity index is 3.80. The lowest BCUT2D eigenvalue weighted by Gasteiger charge is -2.27. The minimum absolute atomic E-state index is 0.213. The largest absolute Gasteiger partial charge is 0.392 e. The normalized spacial score (nSPS) is 17.4. The van der Waals surface area contributed by atoms with Crippen LogP contribution in [0.4, 0.5) is 0 Å². The Kier molecular flexibility index (Phi) is 4.65. The Labute approximate surface area is 63.8 Å². The third-order valence-corrected chi connectivity index (χ3v) is 2.04. The maximum Gasteiger partial charge on any atom is 0.0667 e. The molecule has 0 unspecified atom stereocenters. The topological polar surface area (TPSA) is 23.5 Å². The van der Waals surface area contributed by atoms with Crippen molar-refractivity contribution in [3.05, 3.63) is 0 Å². The maximum absolute atomic E-state index is 9.27. The highest BCUT2D eigenvalue weighted by molar-refractivity contribution is 4.70. The first kappa shape index (κ1) is 9.92. The molecule has 62 valence electrons. The standard InChI is InChI=1S/C8H19NO/c1-5-8(7(3)10)9(4)6-2/h7-8,10H,5-6H2,1-4H3/t7-,8-/m0/s1. The predicted molar refractivity (Wildman–Crippen MR) is 44.1 cm³/mol. The minimum Gasteiger partial charge on any atom is -0.392 e. The molecule has 2 nitrogen and oxygen atoms in total. The van der Waals surface area contributed by atoms with Crippen LogP contribution in [0.25, 0.3) is 0 Å². The van der Waals surface area contributed by atoms with Crippen molar-refractivity contribution in [1.29, 1.82) is 0 Å². The molecule has 0 saturated heterocycles. The van der Waals surface area contributed by atoms with Crippen LogP contribution in [-0.4, -0.2) is 35.7 Å². The summed E-state index contributed by atoms with van der Waals surface area (Å²) < 4.78 is 0. The average molecular weight is 145 g/mol. The molecule has 0 amide bonds. The fourth-order valence-corrected chi connectivity index (χ4v) is 1.26. The molecule has 1 N–H and O–H groups in total. The number of hydrogen-bond acceptors (Lipinski definition) is 2. The predicted octanol–water partition coefficient (Wildman–Crippen LogP) is 1.10. The van der Waals surface area contributed by atoms with Gasteiger partial charge in [0, 0.05) is 6.04 Å². The quantitative estimate of drug-likeness (QED) is 0.640. The highest BCUT2D eigenvalue weighted by Crippen LogP contribution is 2.05. The molecule has 2 atom stereocenters. The van der Waals surface area contributed by atoms with Crippen LogP contribution in [0.1, 0.15) is 27.2 Å². The summed E-state index contributed by atoms with van der Waals surface area (Å²) in [5.74, 6) is 0. The first-order chi connectivity index (χ1) is 4.63. The molecule has 0 aromatic heterocycles. The highest BCUT2D eigenvalue weighted by atomic mass is 16.3. The van der Waals surface area contributed by atoms with E-state index in [9.17, 15) is 5.11 Å². The molecule has 0 aliphatic carbocycles. The summed E-state index contributed by atoms with van der Waals surface area (Å²) in [6.45, 7) is 7.05. The molecule has 0 radical (unpaired) electrons. The molecule has 0 fully saturated rings.